The van der Waals surface area contributed by atoms with Crippen molar-refractivity contribution in [3.63, 3.8) is 0 Å². The van der Waals surface area contributed by atoms with Crippen LogP contribution in [0, 0.1) is 0 Å². The highest BCUT2D eigenvalue weighted by Crippen LogP contribution is 2.01. The first-order valence-corrected chi connectivity index (χ1v) is 3.37. The van der Waals surface area contributed by atoms with Gasteiger partial charge in [-0.15, -0.1) is 0 Å². The van der Waals surface area contributed by atoms with Gasteiger partial charge in [0.15, 0.2) is 11.2 Å². The van der Waals surface area contributed by atoms with E-state index >= 15 is 0 Å². The molecular formula is C8H10N4O2. The molecule has 0 amide bonds. The molecule has 0 saturated heterocycles. The molecule has 2 aromatic heterocycles. The van der Waals surface area contributed by atoms with Crippen LogP contribution in [-0.4, -0.2) is 18.7 Å². The minimum atomic E-state index is -3.36. The van der Waals surface area contributed by atoms with E-state index in [2.05, 4.69) is 4.98 Å². The van der Waals surface area contributed by atoms with Crippen LogP contribution in [0.2, 0.25) is 0 Å². The van der Waals surface area contributed by atoms with E-state index in [-0.39, 0.29) is 13.7 Å². The summed E-state index contributed by atoms with van der Waals surface area (Å²) in [6.45, 7) is -9.73. The van der Waals surface area contributed by atoms with Crippen LogP contribution < -0.4 is 11.2 Å². The Labute approximate surface area is 93.1 Å². The lowest BCUT2D eigenvalue weighted by atomic mass is 10.5. The van der Waals surface area contributed by atoms with Gasteiger partial charge in [0.1, 0.15) is 1.37 Å². The van der Waals surface area contributed by atoms with Crippen molar-refractivity contribution in [1.29, 1.82) is 0 Å². The molecule has 0 bridgehead atoms. The lowest BCUT2D eigenvalue weighted by molar-refractivity contribution is 0.705. The van der Waals surface area contributed by atoms with E-state index < -0.39 is 49.6 Å². The average molecular weight is 204 g/mol. The van der Waals surface area contributed by atoms with E-state index in [9.17, 15) is 9.59 Å². The quantitative estimate of drug-likeness (QED) is 0.551. The molecule has 6 nitrogen and oxygen atoms in total. The fraction of sp³-hybridized carbons (Fsp3) is 0.375. The molecule has 0 aliphatic carbocycles. The Hall–Kier alpha value is -1.85. The lowest BCUT2D eigenvalue weighted by Gasteiger charge is -2.02. The summed E-state index contributed by atoms with van der Waals surface area (Å²) in [6.07, 6.45) is -1.01. The topological polar surface area (TPSA) is 61.8 Å². The average Bonchev–Trinajstić information content (AvgIpc) is 2.61. The molecule has 0 atom stereocenters. The molecule has 2 aromatic rings. The van der Waals surface area contributed by atoms with Crippen LogP contribution in [0.15, 0.2) is 15.9 Å². The molecule has 0 aliphatic heterocycles. The standard InChI is InChI=1S/C8H10N4O2/c1-10-4-9-6-5(10)7(13)12(3)8(14)11(6)2/h4H,1-3H3/i1D3,2D3,3D3,4D. The predicted octanol–water partition coefficient (Wildman–Crippen LogP) is -1.03. The van der Waals surface area contributed by atoms with Crippen molar-refractivity contribution < 1.29 is 13.7 Å². The first kappa shape index (κ1) is 2.82. The third-order valence-electron chi connectivity index (χ3n) is 1.69. The van der Waals surface area contributed by atoms with Crippen molar-refractivity contribution in [3.05, 3.63) is 27.1 Å². The second-order valence-corrected chi connectivity index (χ2v) is 2.48. The summed E-state index contributed by atoms with van der Waals surface area (Å²) in [5, 5.41) is 0. The fourth-order valence-electron chi connectivity index (χ4n) is 1.03. The van der Waals surface area contributed by atoms with Crippen LogP contribution in [0.3, 0.4) is 0 Å². The molecule has 0 aliphatic rings. The second kappa shape index (κ2) is 2.57. The summed E-state index contributed by atoms with van der Waals surface area (Å²) in [5.41, 5.74) is -5.15. The van der Waals surface area contributed by atoms with Crippen LogP contribution in [0.25, 0.3) is 11.2 Å². The maximum absolute atomic E-state index is 12.4. The van der Waals surface area contributed by atoms with Gasteiger partial charge in [0.2, 0.25) is 0 Å². The molecule has 2 rings (SSSR count). The number of hydrogen-bond donors (Lipinski definition) is 0. The Balaban J connectivity index is 3.26. The minimum Gasteiger partial charge on any atom is -0.328 e. The van der Waals surface area contributed by atoms with Gasteiger partial charge in [-0.1, -0.05) is 0 Å². The smallest absolute Gasteiger partial charge is 0.328 e. The summed E-state index contributed by atoms with van der Waals surface area (Å²) >= 11 is 0. The minimum absolute atomic E-state index is 0.0869. The zero-order chi connectivity index (χ0) is 18.8. The van der Waals surface area contributed by atoms with Crippen molar-refractivity contribution in [1.82, 2.24) is 18.7 Å². The van der Waals surface area contributed by atoms with Gasteiger partial charge in [-0.05, 0) is 0 Å². The molecular weight excluding hydrogens is 184 g/mol. The summed E-state index contributed by atoms with van der Waals surface area (Å²) in [6, 6.07) is 0. The molecule has 6 heteroatoms. The maximum Gasteiger partial charge on any atom is 0.332 e. The first-order chi connectivity index (χ1) is 10.6. The molecule has 0 radical (unpaired) electrons. The normalized spacial score (nSPS) is 24.3. The highest BCUT2D eigenvalue weighted by molar-refractivity contribution is 5.69. The zero-order valence-electron chi connectivity index (χ0n) is 16.6. The largest absolute Gasteiger partial charge is 0.332 e. The number of fused-ring (bicyclic) bond motifs is 1. The first-order valence-electron chi connectivity index (χ1n) is 8.37. The predicted molar refractivity (Wildman–Crippen MR) is 51.2 cm³/mol. The lowest BCUT2D eigenvalue weighted by Crippen LogP contribution is -2.37. The molecule has 0 aromatic carbocycles. The number of imidazole rings is 1. The number of aryl methyl sites for hydroxylation is 2. The molecule has 2 heterocycles. The highest BCUT2D eigenvalue weighted by Gasteiger charge is 2.11. The Kier molecular flexibility index (Phi) is 0.517. The van der Waals surface area contributed by atoms with Crippen molar-refractivity contribution >= 4 is 11.2 Å². The van der Waals surface area contributed by atoms with Gasteiger partial charge in [0, 0.05) is 33.3 Å². The number of aromatic nitrogens is 4. The summed E-state index contributed by atoms with van der Waals surface area (Å²) in [4.78, 5) is 28.0. The third kappa shape index (κ3) is 0.876. The van der Waals surface area contributed by atoms with E-state index in [1.807, 2.05) is 0 Å². The Morgan fingerprint density at radius 1 is 1.36 bits per heavy atom. The van der Waals surface area contributed by atoms with Crippen LogP contribution in [0.4, 0.5) is 0 Å². The maximum atomic E-state index is 12.4. The Bertz CT molecular complexity index is 924. The van der Waals surface area contributed by atoms with Gasteiger partial charge in [0.05, 0.1) is 6.30 Å². The Morgan fingerprint density at radius 3 is 2.79 bits per heavy atom. The van der Waals surface area contributed by atoms with Gasteiger partial charge in [0.25, 0.3) is 5.56 Å². The van der Waals surface area contributed by atoms with Crippen molar-refractivity contribution in [2.45, 2.75) is 0 Å². The summed E-state index contributed by atoms with van der Waals surface area (Å²) in [5.74, 6) is 0. The van der Waals surface area contributed by atoms with Crippen molar-refractivity contribution in [2.24, 2.45) is 20.9 Å². The number of nitrogens with zero attached hydrogens (tertiary/aromatic N) is 4. The monoisotopic (exact) mass is 204 g/mol. The van der Waals surface area contributed by atoms with E-state index in [4.69, 9.17) is 13.7 Å². The summed E-state index contributed by atoms with van der Waals surface area (Å²) < 4.78 is 73.0. The van der Waals surface area contributed by atoms with Crippen LogP contribution in [-0.2, 0) is 20.9 Å². The summed E-state index contributed by atoms with van der Waals surface area (Å²) in [7, 11) is 0. The SMILES string of the molecule is [2H]c1nc2c(c(=O)n(C([2H])([2H])[2H])c(=O)n2C([2H])([2H])[2H])n1C([2H])([2H])[2H]. The molecule has 0 N–H and O–H groups in total. The van der Waals surface area contributed by atoms with Crippen molar-refractivity contribution in [3.8, 4) is 0 Å². The fourth-order valence-corrected chi connectivity index (χ4v) is 1.03. The van der Waals surface area contributed by atoms with Crippen molar-refractivity contribution in [2.75, 3.05) is 0 Å². The van der Waals surface area contributed by atoms with Crippen LogP contribution >= 0.6 is 0 Å². The van der Waals surface area contributed by atoms with E-state index in [1.54, 1.807) is 0 Å². The van der Waals surface area contributed by atoms with Crippen LogP contribution in [0.1, 0.15) is 13.7 Å². The molecule has 14 heavy (non-hydrogen) atoms. The molecule has 0 spiro atoms. The molecule has 74 valence electrons. The van der Waals surface area contributed by atoms with Gasteiger partial charge >= 0.3 is 5.69 Å². The third-order valence-corrected chi connectivity index (χ3v) is 1.69. The Morgan fingerprint density at radius 2 is 2.14 bits per heavy atom. The van der Waals surface area contributed by atoms with Gasteiger partial charge in [-0.25, -0.2) is 9.78 Å². The number of rotatable bonds is 0. The van der Waals surface area contributed by atoms with E-state index in [0.717, 1.165) is 0 Å². The van der Waals surface area contributed by atoms with Gasteiger partial charge < -0.3 is 4.57 Å². The van der Waals surface area contributed by atoms with Gasteiger partial charge in [-0.2, -0.15) is 0 Å². The molecule has 0 fully saturated rings. The second-order valence-electron chi connectivity index (χ2n) is 2.48. The number of hydrogen-bond acceptors (Lipinski definition) is 3. The zero-order valence-corrected chi connectivity index (χ0v) is 6.61. The molecule has 0 saturated carbocycles. The van der Waals surface area contributed by atoms with E-state index in [0.29, 0.717) is 0 Å². The highest BCUT2D eigenvalue weighted by atomic mass is 16.2. The van der Waals surface area contributed by atoms with E-state index in [1.165, 1.54) is 0 Å². The van der Waals surface area contributed by atoms with Crippen LogP contribution in [0.5, 0.6) is 0 Å². The molecule has 0 unspecified atom stereocenters. The van der Waals surface area contributed by atoms with Gasteiger partial charge in [-0.3, -0.25) is 13.9 Å².